The van der Waals surface area contributed by atoms with Crippen LogP contribution in [0, 0.1) is 17.7 Å². The zero-order valence-electron chi connectivity index (χ0n) is 15.9. The number of anilines is 1. The van der Waals surface area contributed by atoms with Crippen molar-refractivity contribution < 1.29 is 24.1 Å². The van der Waals surface area contributed by atoms with Crippen molar-refractivity contribution >= 4 is 23.4 Å². The summed E-state index contributed by atoms with van der Waals surface area (Å²) in [5, 5.41) is 4.55. The van der Waals surface area contributed by atoms with Gasteiger partial charge in [0, 0.05) is 12.1 Å². The molecule has 0 bridgehead atoms. The number of imide groups is 1. The van der Waals surface area contributed by atoms with Crippen LogP contribution in [0.15, 0.2) is 48.5 Å². The Kier molecular flexibility index (Phi) is 3.86. The molecule has 29 heavy (non-hydrogen) atoms. The van der Waals surface area contributed by atoms with Gasteiger partial charge in [-0.25, -0.2) is 4.39 Å². The number of carbonyl (C=O) groups is 3. The van der Waals surface area contributed by atoms with Crippen LogP contribution >= 0.6 is 0 Å². The Morgan fingerprint density at radius 2 is 1.86 bits per heavy atom. The SMILES string of the molecule is C[C@H]1[NH2+][C@@]2(C(=O)Nc3ccc(F)cc32)[C@@H]2C(=O)N(CCc3ccccc3)C(=O)[C@@H]21. The highest BCUT2D eigenvalue weighted by atomic mass is 19.1. The smallest absolute Gasteiger partial charge is 0.291 e. The largest absolute Gasteiger partial charge is 0.326 e. The Morgan fingerprint density at radius 1 is 1.10 bits per heavy atom. The molecule has 3 heterocycles. The number of fused-ring (bicyclic) bond motifs is 4. The van der Waals surface area contributed by atoms with Crippen molar-refractivity contribution in [1.82, 2.24) is 4.90 Å². The molecular formula is C22H21FN3O3+. The molecule has 3 aliphatic rings. The van der Waals surface area contributed by atoms with Gasteiger partial charge in [-0.15, -0.1) is 0 Å². The number of halogens is 1. The monoisotopic (exact) mass is 394 g/mol. The van der Waals surface area contributed by atoms with Crippen molar-refractivity contribution in [3.8, 4) is 0 Å². The molecule has 0 unspecified atom stereocenters. The van der Waals surface area contributed by atoms with E-state index >= 15 is 0 Å². The molecular weight excluding hydrogens is 373 g/mol. The van der Waals surface area contributed by atoms with Crippen molar-refractivity contribution in [3.05, 3.63) is 65.5 Å². The predicted octanol–water partition coefficient (Wildman–Crippen LogP) is 0.782. The summed E-state index contributed by atoms with van der Waals surface area (Å²) in [7, 11) is 0. The first-order valence-electron chi connectivity index (χ1n) is 9.80. The van der Waals surface area contributed by atoms with E-state index in [1.54, 1.807) is 5.32 Å². The van der Waals surface area contributed by atoms with E-state index < -0.39 is 23.2 Å². The van der Waals surface area contributed by atoms with E-state index in [0.29, 0.717) is 17.7 Å². The summed E-state index contributed by atoms with van der Waals surface area (Å²) in [6, 6.07) is 13.5. The lowest BCUT2D eigenvalue weighted by Crippen LogP contribution is -2.98. The van der Waals surface area contributed by atoms with Gasteiger partial charge in [0.2, 0.25) is 17.4 Å². The van der Waals surface area contributed by atoms with Crippen molar-refractivity contribution in [2.45, 2.75) is 24.9 Å². The van der Waals surface area contributed by atoms with Gasteiger partial charge in [0.15, 0.2) is 0 Å². The van der Waals surface area contributed by atoms with Gasteiger partial charge < -0.3 is 10.6 Å². The number of carbonyl (C=O) groups excluding carboxylic acids is 3. The first-order chi connectivity index (χ1) is 13.9. The number of nitrogens with two attached hydrogens (primary N) is 1. The van der Waals surface area contributed by atoms with Gasteiger partial charge in [0.25, 0.3) is 5.91 Å². The highest BCUT2D eigenvalue weighted by Gasteiger charge is 2.73. The molecule has 2 aromatic rings. The Morgan fingerprint density at radius 3 is 2.62 bits per heavy atom. The standard InChI is InChI=1S/C22H20FN3O3/c1-12-17-18(20(28)26(19(17)27)10-9-13-5-3-2-4-6-13)22(25-12)15-11-14(23)7-8-16(15)24-21(22)29/h2-8,11-12,17-18,25H,9-10H2,1H3,(H,24,29)/p+1/t12-,17-,18+,22-/m1/s1. The maximum atomic E-state index is 14.0. The summed E-state index contributed by atoms with van der Waals surface area (Å²) in [5.41, 5.74) is 0.692. The summed E-state index contributed by atoms with van der Waals surface area (Å²) >= 11 is 0. The number of amides is 3. The van der Waals surface area contributed by atoms with E-state index in [1.807, 2.05) is 37.3 Å². The summed E-state index contributed by atoms with van der Waals surface area (Å²) in [5.74, 6) is -2.84. The fourth-order valence-electron chi connectivity index (χ4n) is 5.28. The third-order valence-electron chi connectivity index (χ3n) is 6.54. The van der Waals surface area contributed by atoms with E-state index in [4.69, 9.17) is 0 Å². The molecule has 6 nitrogen and oxygen atoms in total. The molecule has 3 aliphatic heterocycles. The van der Waals surface area contributed by atoms with Gasteiger partial charge >= 0.3 is 0 Å². The van der Waals surface area contributed by atoms with Crippen molar-refractivity contribution in [2.24, 2.45) is 11.8 Å². The van der Waals surface area contributed by atoms with Crippen LogP contribution in [0.25, 0.3) is 0 Å². The minimum absolute atomic E-state index is 0.241. The molecule has 0 aliphatic carbocycles. The summed E-state index contributed by atoms with van der Waals surface area (Å²) in [6.45, 7) is 2.12. The van der Waals surface area contributed by atoms with Crippen LogP contribution in [0.1, 0.15) is 18.1 Å². The summed E-state index contributed by atoms with van der Waals surface area (Å²) < 4.78 is 14.0. The molecule has 4 atom stereocenters. The molecule has 5 rings (SSSR count). The van der Waals surface area contributed by atoms with Crippen molar-refractivity contribution in [3.63, 3.8) is 0 Å². The molecule has 0 radical (unpaired) electrons. The minimum Gasteiger partial charge on any atom is -0.326 e. The first kappa shape index (κ1) is 18.0. The van der Waals surface area contributed by atoms with Gasteiger partial charge in [-0.05, 0) is 37.1 Å². The normalized spacial score (nSPS) is 30.1. The Bertz CT molecular complexity index is 1040. The molecule has 2 saturated heterocycles. The van der Waals surface area contributed by atoms with Gasteiger partial charge in [0.05, 0.1) is 11.7 Å². The van der Waals surface area contributed by atoms with Crippen LogP contribution in [0.3, 0.4) is 0 Å². The van der Waals surface area contributed by atoms with Crippen LogP contribution in [-0.4, -0.2) is 35.2 Å². The number of hydrogen-bond acceptors (Lipinski definition) is 3. The maximum Gasteiger partial charge on any atom is 0.291 e. The average Bonchev–Trinajstić information content (AvgIpc) is 3.26. The zero-order chi connectivity index (χ0) is 20.3. The second kappa shape index (κ2) is 6.22. The molecule has 2 aromatic carbocycles. The fourth-order valence-corrected chi connectivity index (χ4v) is 5.28. The van der Waals surface area contributed by atoms with Crippen LogP contribution in [0.4, 0.5) is 10.1 Å². The fraction of sp³-hybridized carbons (Fsp3) is 0.318. The van der Waals surface area contributed by atoms with E-state index in [-0.39, 0.29) is 30.3 Å². The molecule has 0 aromatic heterocycles. The second-order valence-electron chi connectivity index (χ2n) is 8.11. The molecule has 0 saturated carbocycles. The lowest BCUT2D eigenvalue weighted by molar-refractivity contribution is -0.730. The number of benzene rings is 2. The molecule has 7 heteroatoms. The minimum atomic E-state index is -1.30. The number of nitrogens with one attached hydrogen (secondary N) is 1. The summed E-state index contributed by atoms with van der Waals surface area (Å²) in [6.07, 6.45) is 0.556. The van der Waals surface area contributed by atoms with E-state index in [0.717, 1.165) is 5.56 Å². The van der Waals surface area contributed by atoms with E-state index in [9.17, 15) is 18.8 Å². The van der Waals surface area contributed by atoms with Gasteiger partial charge in [-0.1, -0.05) is 30.3 Å². The molecule has 3 N–H and O–H groups in total. The topological polar surface area (TPSA) is 83.1 Å². The van der Waals surface area contributed by atoms with Crippen LogP contribution in [0.5, 0.6) is 0 Å². The Hall–Kier alpha value is -3.06. The number of rotatable bonds is 3. The quantitative estimate of drug-likeness (QED) is 0.755. The number of quaternary nitrogens is 1. The lowest BCUT2D eigenvalue weighted by Gasteiger charge is -2.25. The van der Waals surface area contributed by atoms with E-state index in [2.05, 4.69) is 5.32 Å². The number of hydrogen-bond donors (Lipinski definition) is 2. The molecule has 148 valence electrons. The number of likely N-dealkylation sites (tertiary alicyclic amines) is 1. The first-order valence-corrected chi connectivity index (χ1v) is 9.80. The average molecular weight is 394 g/mol. The molecule has 1 spiro atoms. The van der Waals surface area contributed by atoms with Crippen molar-refractivity contribution in [2.75, 3.05) is 11.9 Å². The zero-order valence-corrected chi connectivity index (χ0v) is 15.9. The highest BCUT2D eigenvalue weighted by molar-refractivity contribution is 6.13. The number of nitrogens with zero attached hydrogens (tertiary/aromatic N) is 1. The van der Waals surface area contributed by atoms with Gasteiger partial charge in [-0.2, -0.15) is 0 Å². The third kappa shape index (κ3) is 2.40. The Balaban J connectivity index is 1.52. The Labute approximate surface area is 167 Å². The molecule has 3 amide bonds. The van der Waals surface area contributed by atoms with Crippen LogP contribution < -0.4 is 10.6 Å². The molecule has 2 fully saturated rings. The summed E-state index contributed by atoms with van der Waals surface area (Å²) in [4.78, 5) is 40.8. The predicted molar refractivity (Wildman–Crippen MR) is 102 cm³/mol. The van der Waals surface area contributed by atoms with Gasteiger partial charge in [0.1, 0.15) is 17.7 Å². The van der Waals surface area contributed by atoms with Crippen LogP contribution in [-0.2, 0) is 26.3 Å². The van der Waals surface area contributed by atoms with Gasteiger partial charge in [-0.3, -0.25) is 19.3 Å². The maximum absolute atomic E-state index is 14.0. The van der Waals surface area contributed by atoms with Crippen molar-refractivity contribution in [1.29, 1.82) is 0 Å². The second-order valence-corrected chi connectivity index (χ2v) is 8.11. The third-order valence-corrected chi connectivity index (χ3v) is 6.54. The lowest BCUT2D eigenvalue weighted by atomic mass is 9.76. The highest BCUT2D eigenvalue weighted by Crippen LogP contribution is 2.48. The van der Waals surface area contributed by atoms with E-state index in [1.165, 1.54) is 23.1 Å². The van der Waals surface area contributed by atoms with Crippen LogP contribution in [0.2, 0.25) is 0 Å².